The van der Waals surface area contributed by atoms with Crippen LogP contribution in [0.5, 0.6) is 5.75 Å². The Kier molecular flexibility index (Phi) is 14.3. The molecule has 0 fully saturated rings. The van der Waals surface area contributed by atoms with Gasteiger partial charge in [0, 0.05) is 17.5 Å². The lowest BCUT2D eigenvalue weighted by Gasteiger charge is -2.25. The first-order chi connectivity index (χ1) is 14.8. The van der Waals surface area contributed by atoms with Crippen molar-refractivity contribution < 1.29 is 39.3 Å². The van der Waals surface area contributed by atoms with Crippen LogP contribution in [0.2, 0.25) is 5.02 Å². The molecule has 0 aliphatic rings. The molecule has 182 valence electrons. The number of unbranched alkanes of at least 4 members (excludes halogenated alkanes) is 4. The van der Waals surface area contributed by atoms with Crippen LogP contribution in [0.3, 0.4) is 0 Å². The Hall–Kier alpha value is -2.36. The maximum Gasteiger partial charge on any atom is 0.306 e. The number of hydrogen-bond donors (Lipinski definition) is 4. The monoisotopic (exact) mass is 474 g/mol. The first kappa shape index (κ1) is 29.6. The van der Waals surface area contributed by atoms with Gasteiger partial charge in [0.15, 0.2) is 0 Å². The van der Waals surface area contributed by atoms with Crippen molar-refractivity contribution in [3.8, 4) is 5.75 Å². The van der Waals surface area contributed by atoms with Crippen molar-refractivity contribution >= 4 is 29.4 Å². The summed E-state index contributed by atoms with van der Waals surface area (Å²) in [5.41, 5.74) is 0.163. The fourth-order valence-corrected chi connectivity index (χ4v) is 2.98. The third-order valence-corrected chi connectivity index (χ3v) is 4.45. The zero-order valence-electron chi connectivity index (χ0n) is 19.0. The number of aromatic hydroxyl groups is 1. The van der Waals surface area contributed by atoms with E-state index in [0.29, 0.717) is 29.0 Å². The molecule has 1 aromatic carbocycles. The van der Waals surface area contributed by atoms with Gasteiger partial charge >= 0.3 is 5.97 Å². The topological polar surface area (TPSA) is 147 Å². The number of carbonyl (C=O) groups excluding carboxylic acids is 2. The number of aliphatic hydroxyl groups is 1. The normalized spacial score (nSPS) is 11.8. The molecule has 0 spiro atoms. The van der Waals surface area contributed by atoms with E-state index in [4.69, 9.17) is 21.8 Å². The average molecular weight is 475 g/mol. The van der Waals surface area contributed by atoms with Gasteiger partial charge in [0.1, 0.15) is 18.4 Å². The van der Waals surface area contributed by atoms with Crippen molar-refractivity contribution in [2.24, 2.45) is 0 Å². The summed E-state index contributed by atoms with van der Waals surface area (Å²) in [5.74, 6) is -2.42. The lowest BCUT2D eigenvalue weighted by atomic mass is 10.1. The number of phenolic OH excluding ortho intramolecular Hbond substituents is 1. The summed E-state index contributed by atoms with van der Waals surface area (Å²) in [6.07, 6.45) is 3.30. The number of carboxylic acid groups (broad SMARTS) is 2. The highest BCUT2D eigenvalue weighted by molar-refractivity contribution is 6.31. The van der Waals surface area contributed by atoms with Crippen LogP contribution in [0.4, 0.5) is 0 Å². The number of aliphatic hydroxyl groups excluding tert-OH is 1. The molecule has 0 aromatic heterocycles. The van der Waals surface area contributed by atoms with Crippen LogP contribution in [0.15, 0.2) is 18.2 Å². The van der Waals surface area contributed by atoms with Gasteiger partial charge in [-0.05, 0) is 37.5 Å². The van der Waals surface area contributed by atoms with Crippen molar-refractivity contribution in [2.75, 3.05) is 34.2 Å². The number of phenols is 1. The Morgan fingerprint density at radius 3 is 2.25 bits per heavy atom. The Morgan fingerprint density at radius 2 is 1.69 bits per heavy atom. The maximum absolute atomic E-state index is 11.8. The van der Waals surface area contributed by atoms with E-state index in [9.17, 15) is 24.6 Å². The van der Waals surface area contributed by atoms with Gasteiger partial charge in [-0.3, -0.25) is 9.59 Å². The number of quaternary nitrogens is 1. The van der Waals surface area contributed by atoms with Crippen molar-refractivity contribution in [1.29, 1.82) is 0 Å². The molecule has 0 aliphatic heterocycles. The second-order valence-corrected chi connectivity index (χ2v) is 8.97. The number of carboxylic acids is 2. The minimum atomic E-state index is -1.01. The zero-order chi connectivity index (χ0) is 24.7. The summed E-state index contributed by atoms with van der Waals surface area (Å²) < 4.78 is 0.578. The highest BCUT2D eigenvalue weighted by Crippen LogP contribution is 2.21. The fourth-order valence-electron chi connectivity index (χ4n) is 2.81. The molecule has 10 heteroatoms. The summed E-state index contributed by atoms with van der Waals surface area (Å²) in [5, 5.41) is 40.4. The maximum atomic E-state index is 11.8. The molecule has 0 aliphatic carbocycles. The summed E-state index contributed by atoms with van der Waals surface area (Å²) in [4.78, 5) is 32.2. The number of hydrogen-bond acceptors (Lipinski definition) is 6. The van der Waals surface area contributed by atoms with E-state index in [-0.39, 0.29) is 30.1 Å². The SMILES string of the molecule is C[N+](C)(C)CC(O)CC(=O)O.O=C([O-])CCCCCCCNC(=O)c1cc(Cl)ccc1O. The van der Waals surface area contributed by atoms with E-state index in [1.807, 2.05) is 21.1 Å². The summed E-state index contributed by atoms with van der Waals surface area (Å²) in [6.45, 7) is 0.970. The number of amides is 1. The molecule has 0 heterocycles. The van der Waals surface area contributed by atoms with Gasteiger partial charge in [-0.15, -0.1) is 0 Å². The molecule has 0 radical (unpaired) electrons. The first-order valence-corrected chi connectivity index (χ1v) is 10.9. The molecule has 0 saturated heterocycles. The van der Waals surface area contributed by atoms with Crippen molar-refractivity contribution in [3.63, 3.8) is 0 Å². The van der Waals surface area contributed by atoms with Gasteiger partial charge in [0.05, 0.1) is 33.1 Å². The second-order valence-electron chi connectivity index (χ2n) is 8.53. The third kappa shape index (κ3) is 16.3. The molecule has 0 bridgehead atoms. The molecule has 32 heavy (non-hydrogen) atoms. The molecule has 0 saturated carbocycles. The largest absolute Gasteiger partial charge is 0.550 e. The Labute approximate surface area is 194 Å². The predicted octanol–water partition coefficient (Wildman–Crippen LogP) is 1.39. The van der Waals surface area contributed by atoms with Crippen LogP contribution < -0.4 is 10.4 Å². The van der Waals surface area contributed by atoms with E-state index in [1.165, 1.54) is 18.2 Å². The van der Waals surface area contributed by atoms with E-state index in [2.05, 4.69) is 5.32 Å². The number of nitrogens with one attached hydrogen (secondary N) is 1. The van der Waals surface area contributed by atoms with E-state index in [0.717, 1.165) is 25.7 Å². The summed E-state index contributed by atoms with van der Waals surface area (Å²) in [6, 6.07) is 4.32. The highest BCUT2D eigenvalue weighted by atomic mass is 35.5. The molecule has 1 atom stereocenters. The van der Waals surface area contributed by atoms with Crippen LogP contribution in [-0.4, -0.2) is 78.0 Å². The lowest BCUT2D eigenvalue weighted by Crippen LogP contribution is -2.42. The van der Waals surface area contributed by atoms with Gasteiger partial charge in [-0.1, -0.05) is 30.9 Å². The lowest BCUT2D eigenvalue weighted by molar-refractivity contribution is -0.873. The van der Waals surface area contributed by atoms with Gasteiger partial charge in [0.25, 0.3) is 5.91 Å². The third-order valence-electron chi connectivity index (χ3n) is 4.22. The number of likely N-dealkylation sites (N-methyl/N-ethyl adjacent to an activating group) is 1. The minimum Gasteiger partial charge on any atom is -0.550 e. The molecular weight excluding hydrogens is 440 g/mol. The van der Waals surface area contributed by atoms with E-state index < -0.39 is 18.0 Å². The number of nitrogens with zero attached hydrogens (tertiary/aromatic N) is 1. The predicted molar refractivity (Wildman–Crippen MR) is 119 cm³/mol. The Morgan fingerprint density at radius 1 is 1.09 bits per heavy atom. The van der Waals surface area contributed by atoms with Gasteiger partial charge in [-0.25, -0.2) is 0 Å². The number of carbonyl (C=O) groups is 3. The van der Waals surface area contributed by atoms with E-state index in [1.54, 1.807) is 0 Å². The van der Waals surface area contributed by atoms with Gasteiger partial charge in [0.2, 0.25) is 0 Å². The molecule has 4 N–H and O–H groups in total. The molecule has 1 aromatic rings. The standard InChI is InChI=1S/C15H20ClNO4.C7H15NO3/c16-11-7-8-13(18)12(10-11)15(21)17-9-5-3-1-2-4-6-14(19)20;1-8(2,3)5-6(9)4-7(10)11/h7-8,10,18H,1-6,9H2,(H,17,21)(H,19,20);6,9H,4-5H2,1-3H3. The molecule has 9 nitrogen and oxygen atoms in total. The van der Waals surface area contributed by atoms with Crippen LogP contribution >= 0.6 is 11.6 Å². The van der Waals surface area contributed by atoms with Gasteiger partial charge < -0.3 is 35.0 Å². The Bertz CT molecular complexity index is 735. The number of rotatable bonds is 13. The highest BCUT2D eigenvalue weighted by Gasteiger charge is 2.17. The van der Waals surface area contributed by atoms with Crippen molar-refractivity contribution in [3.05, 3.63) is 28.8 Å². The van der Waals surface area contributed by atoms with Gasteiger partial charge in [-0.2, -0.15) is 0 Å². The molecule has 1 rings (SSSR count). The van der Waals surface area contributed by atoms with Crippen LogP contribution in [0.1, 0.15) is 55.3 Å². The van der Waals surface area contributed by atoms with Crippen LogP contribution in [-0.2, 0) is 9.59 Å². The number of halogens is 1. The van der Waals surface area contributed by atoms with Crippen LogP contribution in [0, 0.1) is 0 Å². The number of benzene rings is 1. The Balaban J connectivity index is 0.000000739. The van der Waals surface area contributed by atoms with Crippen molar-refractivity contribution in [1.82, 2.24) is 5.32 Å². The van der Waals surface area contributed by atoms with E-state index >= 15 is 0 Å². The zero-order valence-corrected chi connectivity index (χ0v) is 19.7. The smallest absolute Gasteiger partial charge is 0.306 e. The first-order valence-electron chi connectivity index (χ1n) is 10.5. The molecule has 1 amide bonds. The molecular formula is C22H35ClN2O7. The quantitative estimate of drug-likeness (QED) is 0.249. The van der Waals surface area contributed by atoms with Crippen LogP contribution in [0.25, 0.3) is 0 Å². The van der Waals surface area contributed by atoms with Crippen molar-refractivity contribution in [2.45, 2.75) is 51.0 Å². The minimum absolute atomic E-state index is 0.0980. The second kappa shape index (κ2) is 15.4. The fraction of sp³-hybridized carbons (Fsp3) is 0.591. The summed E-state index contributed by atoms with van der Waals surface area (Å²) >= 11 is 5.78. The summed E-state index contributed by atoms with van der Waals surface area (Å²) in [7, 11) is 5.72. The average Bonchev–Trinajstić information content (AvgIpc) is 2.63. The number of aliphatic carboxylic acids is 2. The molecule has 1 unspecified atom stereocenters.